The molecule has 1 saturated heterocycles. The molecule has 1 unspecified atom stereocenters. The van der Waals surface area contributed by atoms with E-state index in [-0.39, 0.29) is 4.90 Å². The highest BCUT2D eigenvalue weighted by Gasteiger charge is 2.39. The van der Waals surface area contributed by atoms with Gasteiger partial charge in [0.05, 0.1) is 5.69 Å². The van der Waals surface area contributed by atoms with Gasteiger partial charge in [-0.15, -0.1) is 0 Å². The number of nitrogens with zero attached hydrogens (tertiary/aromatic N) is 1. The van der Waals surface area contributed by atoms with Gasteiger partial charge in [0.25, 0.3) is 5.91 Å². The van der Waals surface area contributed by atoms with E-state index in [1.165, 1.54) is 6.07 Å². The van der Waals surface area contributed by atoms with Gasteiger partial charge >= 0.3 is 10.4 Å². The number of carbonyl (C=O) groups excluding carboxylic acids is 1. The number of rotatable bonds is 5. The van der Waals surface area contributed by atoms with E-state index in [4.69, 9.17) is 5.21 Å². The largest absolute Gasteiger partial charge is 0.325 e. The van der Waals surface area contributed by atoms with Crippen LogP contribution in [-0.4, -0.2) is 33.1 Å². The Morgan fingerprint density at radius 1 is 1.00 bits per heavy atom. The molecule has 8 heteroatoms. The van der Waals surface area contributed by atoms with Crippen LogP contribution in [0, 0.1) is 0 Å². The van der Waals surface area contributed by atoms with Gasteiger partial charge in [0.1, 0.15) is 0 Å². The first-order valence-electron chi connectivity index (χ1n) is 8.44. The Labute approximate surface area is 153 Å². The molecule has 0 radical (unpaired) electrons. The van der Waals surface area contributed by atoms with Gasteiger partial charge in [-0.25, -0.2) is 0 Å². The molecule has 1 aliphatic heterocycles. The zero-order valence-corrected chi connectivity index (χ0v) is 15.0. The molecular formula is C18H22N3O4S+. The molecule has 138 valence electrons. The van der Waals surface area contributed by atoms with Crippen molar-refractivity contribution in [2.45, 2.75) is 24.2 Å². The van der Waals surface area contributed by atoms with Gasteiger partial charge in [-0.1, -0.05) is 22.9 Å². The molecule has 1 fully saturated rings. The van der Waals surface area contributed by atoms with Gasteiger partial charge in [-0.05, 0) is 47.4 Å². The number of piperidine rings is 1. The molecule has 2 aromatic carbocycles. The topological polar surface area (TPSA) is 102 Å². The predicted molar refractivity (Wildman–Crippen MR) is 101 cm³/mol. The lowest BCUT2D eigenvalue weighted by Crippen LogP contribution is -2.39. The van der Waals surface area contributed by atoms with Crippen molar-refractivity contribution < 1.29 is 18.8 Å². The van der Waals surface area contributed by atoms with Gasteiger partial charge < -0.3 is 5.32 Å². The maximum absolute atomic E-state index is 12.9. The number of anilines is 2. The Morgan fingerprint density at radius 3 is 2.42 bits per heavy atom. The SMILES string of the molecule is O=C(Nc1cccc(NO)c1)c1cccc([S+](=O)(O)N2CCCCC2)c1. The smallest absolute Gasteiger partial charge is 0.322 e. The van der Waals surface area contributed by atoms with Crippen LogP contribution in [0.25, 0.3) is 0 Å². The fourth-order valence-electron chi connectivity index (χ4n) is 2.93. The van der Waals surface area contributed by atoms with E-state index in [1.54, 1.807) is 46.8 Å². The summed E-state index contributed by atoms with van der Waals surface area (Å²) >= 11 is 0. The van der Waals surface area contributed by atoms with Gasteiger partial charge in [-0.2, -0.15) is 4.55 Å². The second kappa shape index (κ2) is 7.96. The quantitative estimate of drug-likeness (QED) is 0.473. The van der Waals surface area contributed by atoms with E-state index < -0.39 is 16.3 Å². The molecule has 0 bridgehead atoms. The lowest BCUT2D eigenvalue weighted by molar-refractivity contribution is 0.102. The first-order valence-corrected chi connectivity index (χ1v) is 9.91. The highest BCUT2D eigenvalue weighted by molar-refractivity contribution is 7.95. The fraction of sp³-hybridized carbons (Fsp3) is 0.278. The summed E-state index contributed by atoms with van der Waals surface area (Å²) in [4.78, 5) is 12.7. The minimum atomic E-state index is -3.34. The Balaban J connectivity index is 1.79. The van der Waals surface area contributed by atoms with Crippen LogP contribution >= 0.6 is 0 Å². The zero-order chi connectivity index (χ0) is 18.6. The van der Waals surface area contributed by atoms with Gasteiger partial charge in [0.15, 0.2) is 0 Å². The summed E-state index contributed by atoms with van der Waals surface area (Å²) in [5.74, 6) is -0.393. The van der Waals surface area contributed by atoms with Crippen LogP contribution < -0.4 is 10.8 Å². The van der Waals surface area contributed by atoms with E-state index in [1.807, 2.05) is 5.48 Å². The summed E-state index contributed by atoms with van der Waals surface area (Å²) < 4.78 is 25.0. The summed E-state index contributed by atoms with van der Waals surface area (Å²) in [5.41, 5.74) is 3.26. The highest BCUT2D eigenvalue weighted by Crippen LogP contribution is 2.26. The summed E-state index contributed by atoms with van der Waals surface area (Å²) in [5, 5.41) is 11.6. The van der Waals surface area contributed by atoms with Crippen LogP contribution in [0.5, 0.6) is 0 Å². The molecule has 0 spiro atoms. The molecule has 3 rings (SSSR count). The third kappa shape index (κ3) is 4.10. The number of nitrogens with one attached hydrogen (secondary N) is 2. The molecule has 1 amide bonds. The van der Waals surface area contributed by atoms with Crippen molar-refractivity contribution in [1.29, 1.82) is 0 Å². The first kappa shape index (κ1) is 18.5. The standard InChI is InChI=1S/C18H21N3O4S/c22-18(19-15-7-5-8-16(13-15)20-23)14-6-4-9-17(12-14)26(24,25)21-10-2-1-3-11-21/h4-9,12-13,20,23H,1-3,10-11H2,(H-,19,22,24,25)/p+1. The van der Waals surface area contributed by atoms with E-state index in [9.17, 15) is 13.6 Å². The van der Waals surface area contributed by atoms with Crippen molar-refractivity contribution in [3.63, 3.8) is 0 Å². The van der Waals surface area contributed by atoms with Crippen LogP contribution in [0.1, 0.15) is 29.6 Å². The Bertz CT molecular complexity index is 837. The van der Waals surface area contributed by atoms with Crippen molar-refractivity contribution >= 4 is 27.7 Å². The summed E-state index contributed by atoms with van der Waals surface area (Å²) in [6.07, 6.45) is 2.86. The monoisotopic (exact) mass is 376 g/mol. The zero-order valence-electron chi connectivity index (χ0n) is 14.2. The third-order valence-electron chi connectivity index (χ3n) is 4.32. The minimum Gasteiger partial charge on any atom is -0.322 e. The first-order chi connectivity index (χ1) is 12.5. The predicted octanol–water partition coefficient (Wildman–Crippen LogP) is 3.47. The molecule has 4 N–H and O–H groups in total. The van der Waals surface area contributed by atoms with Crippen LogP contribution in [0.15, 0.2) is 53.4 Å². The average Bonchev–Trinajstić information content (AvgIpc) is 2.69. The summed E-state index contributed by atoms with van der Waals surface area (Å²) in [6.45, 7) is 1.15. The Hall–Kier alpha value is -2.26. The van der Waals surface area contributed by atoms with Crippen molar-refractivity contribution in [3.8, 4) is 0 Å². The Morgan fingerprint density at radius 2 is 1.69 bits per heavy atom. The minimum absolute atomic E-state index is 0.234. The van der Waals surface area contributed by atoms with Crippen molar-refractivity contribution in [2.75, 3.05) is 23.9 Å². The molecule has 1 atom stereocenters. The van der Waals surface area contributed by atoms with Crippen LogP contribution in [0.3, 0.4) is 0 Å². The second-order valence-corrected chi connectivity index (χ2v) is 8.14. The molecule has 0 aliphatic carbocycles. The van der Waals surface area contributed by atoms with Crippen molar-refractivity contribution in [1.82, 2.24) is 4.31 Å². The molecule has 26 heavy (non-hydrogen) atoms. The second-order valence-electron chi connectivity index (χ2n) is 6.16. The number of benzene rings is 2. The number of carbonyl (C=O) groups is 1. The van der Waals surface area contributed by atoms with E-state index in [2.05, 4.69) is 5.32 Å². The normalized spacial score (nSPS) is 17.3. The molecule has 0 saturated carbocycles. The highest BCUT2D eigenvalue weighted by atomic mass is 32.3. The van der Waals surface area contributed by atoms with E-state index >= 15 is 0 Å². The van der Waals surface area contributed by atoms with E-state index in [0.717, 1.165) is 19.3 Å². The van der Waals surface area contributed by atoms with Crippen molar-refractivity contribution in [3.05, 3.63) is 54.1 Å². The molecule has 0 aromatic heterocycles. The summed E-state index contributed by atoms with van der Waals surface area (Å²) in [7, 11) is -3.34. The van der Waals surface area contributed by atoms with E-state index in [0.29, 0.717) is 30.0 Å². The van der Waals surface area contributed by atoms with Gasteiger partial charge in [0.2, 0.25) is 4.90 Å². The van der Waals surface area contributed by atoms with Gasteiger partial charge in [0, 0.05) is 30.4 Å². The number of amides is 1. The van der Waals surface area contributed by atoms with Crippen LogP contribution in [-0.2, 0) is 14.6 Å². The molecule has 2 aromatic rings. The lowest BCUT2D eigenvalue weighted by atomic mass is 10.2. The molecule has 1 heterocycles. The van der Waals surface area contributed by atoms with Crippen LogP contribution in [0.2, 0.25) is 0 Å². The lowest BCUT2D eigenvalue weighted by Gasteiger charge is -2.23. The summed E-state index contributed by atoms with van der Waals surface area (Å²) in [6, 6.07) is 12.8. The number of hydrogen-bond acceptors (Lipinski definition) is 4. The molecule has 7 nitrogen and oxygen atoms in total. The average molecular weight is 376 g/mol. The maximum atomic E-state index is 12.9. The molecular weight excluding hydrogens is 354 g/mol. The number of hydrogen-bond donors (Lipinski definition) is 4. The van der Waals surface area contributed by atoms with Crippen LogP contribution in [0.4, 0.5) is 11.4 Å². The fourth-order valence-corrected chi connectivity index (χ4v) is 4.52. The third-order valence-corrected chi connectivity index (χ3v) is 6.25. The maximum Gasteiger partial charge on any atom is 0.325 e. The molecule has 1 aliphatic rings. The Kier molecular flexibility index (Phi) is 5.67. The van der Waals surface area contributed by atoms with Gasteiger partial charge in [-0.3, -0.25) is 15.5 Å². The van der Waals surface area contributed by atoms with Crippen molar-refractivity contribution in [2.24, 2.45) is 0 Å².